The number of rotatable bonds is 4. The molecule has 78 valence electrons. The summed E-state index contributed by atoms with van der Waals surface area (Å²) in [5.41, 5.74) is 0. The molecule has 0 aromatic carbocycles. The van der Waals surface area contributed by atoms with E-state index in [0.717, 1.165) is 25.4 Å². The molecule has 14 heavy (non-hydrogen) atoms. The van der Waals surface area contributed by atoms with Gasteiger partial charge in [-0.2, -0.15) is 5.10 Å². The predicted octanol–water partition coefficient (Wildman–Crippen LogP) is 1.03. The molecule has 0 bridgehead atoms. The SMILES string of the molecule is CCn1cc(OC[C@@H]2CCCN2)cn1. The lowest BCUT2D eigenvalue weighted by Gasteiger charge is -2.09. The van der Waals surface area contributed by atoms with E-state index < -0.39 is 0 Å². The van der Waals surface area contributed by atoms with Crippen LogP contribution in [0.3, 0.4) is 0 Å². The zero-order valence-electron chi connectivity index (χ0n) is 8.57. The van der Waals surface area contributed by atoms with Crippen LogP contribution in [0.4, 0.5) is 0 Å². The van der Waals surface area contributed by atoms with Gasteiger partial charge in [0.25, 0.3) is 0 Å². The predicted molar refractivity (Wildman–Crippen MR) is 54.4 cm³/mol. The van der Waals surface area contributed by atoms with Crippen molar-refractivity contribution in [2.75, 3.05) is 13.2 Å². The summed E-state index contributed by atoms with van der Waals surface area (Å²) < 4.78 is 7.50. The molecule has 1 atom stereocenters. The average Bonchev–Trinajstić information content (AvgIpc) is 2.86. The Morgan fingerprint density at radius 2 is 2.64 bits per heavy atom. The van der Waals surface area contributed by atoms with Gasteiger partial charge in [0.05, 0.1) is 12.4 Å². The van der Waals surface area contributed by atoms with Crippen LogP contribution in [-0.2, 0) is 6.54 Å². The molecule has 1 aromatic rings. The van der Waals surface area contributed by atoms with Gasteiger partial charge < -0.3 is 10.1 Å². The number of nitrogens with one attached hydrogen (secondary N) is 1. The fraction of sp³-hybridized carbons (Fsp3) is 0.700. The second-order valence-corrected chi connectivity index (χ2v) is 3.64. The Bertz CT molecular complexity index is 279. The lowest BCUT2D eigenvalue weighted by atomic mass is 10.2. The highest BCUT2D eigenvalue weighted by Gasteiger charge is 2.14. The lowest BCUT2D eigenvalue weighted by Crippen LogP contribution is -2.28. The molecule has 1 N–H and O–H groups in total. The number of ether oxygens (including phenoxy) is 1. The van der Waals surface area contributed by atoms with Crippen LogP contribution in [0.1, 0.15) is 19.8 Å². The molecule has 0 radical (unpaired) electrons. The maximum atomic E-state index is 5.63. The molecule has 1 aromatic heterocycles. The minimum atomic E-state index is 0.528. The van der Waals surface area contributed by atoms with Crippen LogP contribution in [0.15, 0.2) is 12.4 Å². The highest BCUT2D eigenvalue weighted by atomic mass is 16.5. The van der Waals surface area contributed by atoms with Crippen LogP contribution in [0.25, 0.3) is 0 Å². The standard InChI is InChI=1S/C10H17N3O/c1-2-13-7-10(6-12-13)14-8-9-4-3-5-11-9/h6-7,9,11H,2-5,8H2,1H3/t9-/m0/s1. The van der Waals surface area contributed by atoms with E-state index in [-0.39, 0.29) is 0 Å². The van der Waals surface area contributed by atoms with Crippen molar-refractivity contribution in [1.82, 2.24) is 15.1 Å². The zero-order valence-corrected chi connectivity index (χ0v) is 8.57. The Labute approximate surface area is 84.3 Å². The second kappa shape index (κ2) is 4.46. The average molecular weight is 195 g/mol. The zero-order chi connectivity index (χ0) is 9.80. The molecular formula is C10H17N3O. The largest absolute Gasteiger partial charge is 0.489 e. The minimum absolute atomic E-state index is 0.528. The quantitative estimate of drug-likeness (QED) is 0.780. The fourth-order valence-electron chi connectivity index (χ4n) is 1.69. The van der Waals surface area contributed by atoms with Gasteiger partial charge >= 0.3 is 0 Å². The van der Waals surface area contributed by atoms with Crippen molar-refractivity contribution in [1.29, 1.82) is 0 Å². The molecule has 0 unspecified atom stereocenters. The summed E-state index contributed by atoms with van der Waals surface area (Å²) in [6.45, 7) is 4.85. The fourth-order valence-corrected chi connectivity index (χ4v) is 1.69. The first-order chi connectivity index (χ1) is 6.88. The molecule has 1 aliphatic heterocycles. The molecule has 2 rings (SSSR count). The van der Waals surface area contributed by atoms with Crippen molar-refractivity contribution in [3.8, 4) is 5.75 Å². The second-order valence-electron chi connectivity index (χ2n) is 3.64. The van der Waals surface area contributed by atoms with Crippen molar-refractivity contribution in [2.45, 2.75) is 32.4 Å². The van der Waals surface area contributed by atoms with Crippen LogP contribution < -0.4 is 10.1 Å². The van der Waals surface area contributed by atoms with Gasteiger partial charge in [0.1, 0.15) is 6.61 Å². The smallest absolute Gasteiger partial charge is 0.157 e. The van der Waals surface area contributed by atoms with Crippen molar-refractivity contribution < 1.29 is 4.74 Å². The van der Waals surface area contributed by atoms with Gasteiger partial charge in [0, 0.05) is 12.6 Å². The van der Waals surface area contributed by atoms with Gasteiger partial charge in [-0.15, -0.1) is 0 Å². The summed E-state index contributed by atoms with van der Waals surface area (Å²) in [6, 6.07) is 0.528. The van der Waals surface area contributed by atoms with Crippen LogP contribution in [0.2, 0.25) is 0 Å². The summed E-state index contributed by atoms with van der Waals surface area (Å²) in [5.74, 6) is 0.876. The number of aryl methyl sites for hydroxylation is 1. The highest BCUT2D eigenvalue weighted by molar-refractivity contribution is 5.11. The van der Waals surface area contributed by atoms with E-state index in [4.69, 9.17) is 4.74 Å². The first kappa shape index (κ1) is 9.52. The van der Waals surface area contributed by atoms with Gasteiger partial charge in [-0.05, 0) is 26.3 Å². The molecule has 4 nitrogen and oxygen atoms in total. The van der Waals surface area contributed by atoms with E-state index in [1.54, 1.807) is 6.20 Å². The van der Waals surface area contributed by atoms with Crippen molar-refractivity contribution in [3.63, 3.8) is 0 Å². The van der Waals surface area contributed by atoms with Gasteiger partial charge in [-0.3, -0.25) is 4.68 Å². The molecule has 0 saturated carbocycles. The van der Waals surface area contributed by atoms with Gasteiger partial charge in [-0.25, -0.2) is 0 Å². The number of hydrogen-bond acceptors (Lipinski definition) is 3. The van der Waals surface area contributed by atoms with E-state index >= 15 is 0 Å². The summed E-state index contributed by atoms with van der Waals surface area (Å²) in [5, 5.41) is 7.55. The van der Waals surface area contributed by atoms with Gasteiger partial charge in [-0.1, -0.05) is 0 Å². The minimum Gasteiger partial charge on any atom is -0.489 e. The highest BCUT2D eigenvalue weighted by Crippen LogP contribution is 2.11. The molecule has 0 amide bonds. The molecule has 0 spiro atoms. The molecule has 1 aliphatic rings. The monoisotopic (exact) mass is 195 g/mol. The molecule has 1 saturated heterocycles. The Morgan fingerprint density at radius 3 is 3.29 bits per heavy atom. The number of aromatic nitrogens is 2. The van der Waals surface area contributed by atoms with Crippen molar-refractivity contribution in [2.24, 2.45) is 0 Å². The molecule has 4 heteroatoms. The third kappa shape index (κ3) is 2.26. The van der Waals surface area contributed by atoms with Crippen LogP contribution in [-0.4, -0.2) is 29.0 Å². The lowest BCUT2D eigenvalue weighted by molar-refractivity contribution is 0.277. The van der Waals surface area contributed by atoms with E-state index in [1.807, 2.05) is 10.9 Å². The maximum Gasteiger partial charge on any atom is 0.157 e. The van der Waals surface area contributed by atoms with Crippen molar-refractivity contribution >= 4 is 0 Å². The van der Waals surface area contributed by atoms with E-state index in [9.17, 15) is 0 Å². The third-order valence-corrected chi connectivity index (χ3v) is 2.55. The van der Waals surface area contributed by atoms with Crippen molar-refractivity contribution in [3.05, 3.63) is 12.4 Å². The first-order valence-corrected chi connectivity index (χ1v) is 5.27. The van der Waals surface area contributed by atoms with Crippen LogP contribution in [0, 0.1) is 0 Å². The third-order valence-electron chi connectivity index (χ3n) is 2.55. The van der Waals surface area contributed by atoms with E-state index in [0.29, 0.717) is 6.04 Å². The number of hydrogen-bond donors (Lipinski definition) is 1. The Morgan fingerprint density at radius 1 is 1.71 bits per heavy atom. The normalized spacial score (nSPS) is 21.4. The van der Waals surface area contributed by atoms with Gasteiger partial charge in [0.15, 0.2) is 5.75 Å². The molecule has 1 fully saturated rings. The Balaban J connectivity index is 1.79. The van der Waals surface area contributed by atoms with Crippen LogP contribution >= 0.6 is 0 Å². The summed E-state index contributed by atoms with van der Waals surface area (Å²) in [6.07, 6.45) is 6.21. The molecule has 2 heterocycles. The Kier molecular flexibility index (Phi) is 3.03. The summed E-state index contributed by atoms with van der Waals surface area (Å²) >= 11 is 0. The topological polar surface area (TPSA) is 39.1 Å². The maximum absolute atomic E-state index is 5.63. The first-order valence-electron chi connectivity index (χ1n) is 5.27. The summed E-state index contributed by atoms with van der Waals surface area (Å²) in [7, 11) is 0. The van der Waals surface area contributed by atoms with E-state index in [2.05, 4.69) is 17.3 Å². The summed E-state index contributed by atoms with van der Waals surface area (Å²) in [4.78, 5) is 0. The number of nitrogens with zero attached hydrogens (tertiary/aromatic N) is 2. The molecular weight excluding hydrogens is 178 g/mol. The van der Waals surface area contributed by atoms with Gasteiger partial charge in [0.2, 0.25) is 0 Å². The van der Waals surface area contributed by atoms with E-state index in [1.165, 1.54) is 12.8 Å². The molecule has 0 aliphatic carbocycles. The van der Waals surface area contributed by atoms with Crippen LogP contribution in [0.5, 0.6) is 5.75 Å². The Hall–Kier alpha value is -1.03.